The van der Waals surface area contributed by atoms with Crippen molar-refractivity contribution < 1.29 is 36.1 Å². The quantitative estimate of drug-likeness (QED) is 0.212. The fourth-order valence-electron chi connectivity index (χ4n) is 3.71. The van der Waals surface area contributed by atoms with Crippen molar-refractivity contribution in [3.63, 3.8) is 0 Å². The molecule has 1 aromatic carbocycles. The molecular formula is C25H41N2O8PS. The highest BCUT2D eigenvalue weighted by molar-refractivity contribution is 7.90. The third-order valence-electron chi connectivity index (χ3n) is 5.52. The second kappa shape index (κ2) is 13.4. The lowest BCUT2D eigenvalue weighted by Crippen LogP contribution is -2.32. The van der Waals surface area contributed by atoms with Crippen LogP contribution in [0, 0.1) is 0 Å². The van der Waals surface area contributed by atoms with E-state index in [1.807, 2.05) is 26.0 Å². The van der Waals surface area contributed by atoms with Crippen molar-refractivity contribution in [3.8, 4) is 5.75 Å². The van der Waals surface area contributed by atoms with Gasteiger partial charge in [0.15, 0.2) is 0 Å². The molecule has 210 valence electrons. The van der Waals surface area contributed by atoms with Crippen LogP contribution < -0.4 is 4.74 Å². The number of benzene rings is 1. The summed E-state index contributed by atoms with van der Waals surface area (Å²) in [5.41, 5.74) is 0.600. The SMILES string of the molecule is CCN(CC)CC=CCOc1cc(C(C)C)c2c(c1)S(=O)(=O)N(COP(=O)(OC(C)C)OC(C)C)C2=O. The van der Waals surface area contributed by atoms with Crippen molar-refractivity contribution in [3.05, 3.63) is 35.4 Å². The number of hydrogen-bond donors (Lipinski definition) is 0. The van der Waals surface area contributed by atoms with Crippen molar-refractivity contribution in [2.24, 2.45) is 0 Å². The standard InChI is InChI=1S/C25H41N2O8PS/c1-9-26(10-2)13-11-12-14-32-21-15-22(18(3)4)24-23(16-21)37(30,31)27(25(24)28)17-33-36(29,34-19(5)6)35-20(7)8/h11-12,15-16,18-20H,9-10,13-14,17H2,1-8H3. The van der Waals surface area contributed by atoms with Crippen molar-refractivity contribution in [2.75, 3.05) is 33.0 Å². The number of ether oxygens (including phenoxy) is 1. The molecule has 0 saturated carbocycles. The molecule has 0 radical (unpaired) electrons. The molecule has 1 aromatic rings. The largest absolute Gasteiger partial charge is 0.489 e. The number of likely N-dealkylation sites (N-methyl/N-ethyl adjacent to an activating group) is 1. The van der Waals surface area contributed by atoms with E-state index >= 15 is 0 Å². The summed E-state index contributed by atoms with van der Waals surface area (Å²) < 4.78 is 62.1. The Morgan fingerprint density at radius 3 is 2.11 bits per heavy atom. The number of sulfonamides is 1. The first kappa shape index (κ1) is 31.5. The molecule has 0 aliphatic carbocycles. The zero-order valence-corrected chi connectivity index (χ0v) is 24.8. The van der Waals surface area contributed by atoms with E-state index in [-0.39, 0.29) is 23.0 Å². The monoisotopic (exact) mass is 560 g/mol. The number of phosphoric ester groups is 1. The van der Waals surface area contributed by atoms with Crippen molar-refractivity contribution in [2.45, 2.75) is 78.4 Å². The van der Waals surface area contributed by atoms with Gasteiger partial charge in [0.05, 0.1) is 17.8 Å². The summed E-state index contributed by atoms with van der Waals surface area (Å²) in [6.45, 7) is 16.6. The average Bonchev–Trinajstić information content (AvgIpc) is 2.98. The van der Waals surface area contributed by atoms with Gasteiger partial charge >= 0.3 is 7.82 Å². The number of amides is 1. The van der Waals surface area contributed by atoms with Gasteiger partial charge in [-0.3, -0.25) is 18.4 Å². The summed E-state index contributed by atoms with van der Waals surface area (Å²) in [4.78, 5) is 15.3. The summed E-state index contributed by atoms with van der Waals surface area (Å²) in [5, 5.41) is 0. The van der Waals surface area contributed by atoms with Gasteiger partial charge in [-0.1, -0.05) is 39.8 Å². The van der Waals surface area contributed by atoms with Gasteiger partial charge in [0.2, 0.25) is 0 Å². The van der Waals surface area contributed by atoms with Crippen molar-refractivity contribution in [1.29, 1.82) is 0 Å². The Balaban J connectivity index is 2.30. The van der Waals surface area contributed by atoms with Crippen molar-refractivity contribution in [1.82, 2.24) is 9.21 Å². The van der Waals surface area contributed by atoms with E-state index in [4.69, 9.17) is 18.3 Å². The molecular weight excluding hydrogens is 519 g/mol. The van der Waals surface area contributed by atoms with Gasteiger partial charge in [0.1, 0.15) is 24.0 Å². The summed E-state index contributed by atoms with van der Waals surface area (Å²) in [5.74, 6) is -0.578. The maximum atomic E-state index is 13.4. The highest BCUT2D eigenvalue weighted by Gasteiger charge is 2.45. The van der Waals surface area contributed by atoms with Crippen molar-refractivity contribution >= 4 is 23.8 Å². The summed E-state index contributed by atoms with van der Waals surface area (Å²) >= 11 is 0. The minimum Gasteiger partial charge on any atom is -0.489 e. The lowest BCUT2D eigenvalue weighted by Gasteiger charge is -2.24. The number of carbonyl (C=O) groups is 1. The van der Waals surface area contributed by atoms with Crippen LogP contribution in [0.1, 0.15) is 77.2 Å². The van der Waals surface area contributed by atoms with E-state index in [9.17, 15) is 17.8 Å². The number of carbonyl (C=O) groups excluding carboxylic acids is 1. The Hall–Kier alpha value is -1.75. The van der Waals surface area contributed by atoms with E-state index in [0.717, 1.165) is 19.6 Å². The Morgan fingerprint density at radius 1 is 1.00 bits per heavy atom. The highest BCUT2D eigenvalue weighted by atomic mass is 32.2. The van der Waals surface area contributed by atoms with Crippen LogP contribution in [-0.4, -0.2) is 68.7 Å². The van der Waals surface area contributed by atoms with Gasteiger partial charge in [-0.2, -0.15) is 0 Å². The van der Waals surface area contributed by atoms with E-state index in [0.29, 0.717) is 15.6 Å². The number of fused-ring (bicyclic) bond motifs is 1. The van der Waals surface area contributed by atoms with Crippen LogP contribution in [0.3, 0.4) is 0 Å². The van der Waals surface area contributed by atoms with Gasteiger partial charge in [-0.25, -0.2) is 17.3 Å². The van der Waals surface area contributed by atoms with Crippen LogP contribution in [0.2, 0.25) is 0 Å². The Morgan fingerprint density at radius 2 is 1.59 bits per heavy atom. The number of phosphoric acid groups is 1. The molecule has 1 aliphatic heterocycles. The molecule has 37 heavy (non-hydrogen) atoms. The summed E-state index contributed by atoms with van der Waals surface area (Å²) in [6, 6.07) is 3.04. The molecule has 1 amide bonds. The third-order valence-corrected chi connectivity index (χ3v) is 9.04. The smallest absolute Gasteiger partial charge is 0.477 e. The van der Waals surface area contributed by atoms with E-state index in [1.54, 1.807) is 33.8 Å². The van der Waals surface area contributed by atoms with Gasteiger partial charge in [-0.05, 0) is 58.3 Å². The van der Waals surface area contributed by atoms with Crippen LogP contribution >= 0.6 is 7.82 Å². The highest BCUT2D eigenvalue weighted by Crippen LogP contribution is 2.52. The predicted octanol–water partition coefficient (Wildman–Crippen LogP) is 5.16. The molecule has 1 heterocycles. The predicted molar refractivity (Wildman–Crippen MR) is 142 cm³/mol. The Labute approximate surface area is 221 Å². The van der Waals surface area contributed by atoms with Gasteiger partial charge in [0.25, 0.3) is 15.9 Å². The third kappa shape index (κ3) is 8.12. The van der Waals surface area contributed by atoms with Crippen LogP contribution in [0.25, 0.3) is 0 Å². The first-order chi connectivity index (χ1) is 17.3. The minimum absolute atomic E-state index is 0.0624. The van der Waals surface area contributed by atoms with E-state index in [1.165, 1.54) is 6.07 Å². The van der Waals surface area contributed by atoms with Crippen LogP contribution in [0.4, 0.5) is 0 Å². The second-order valence-electron chi connectivity index (χ2n) is 9.48. The zero-order chi connectivity index (χ0) is 28.0. The minimum atomic E-state index is -4.28. The zero-order valence-electron chi connectivity index (χ0n) is 23.1. The molecule has 0 aromatic heterocycles. The number of hydrogen-bond acceptors (Lipinski definition) is 9. The first-order valence-corrected chi connectivity index (χ1v) is 15.5. The van der Waals surface area contributed by atoms with Crippen LogP contribution in [0.15, 0.2) is 29.2 Å². The first-order valence-electron chi connectivity index (χ1n) is 12.6. The average molecular weight is 561 g/mol. The van der Waals surface area contributed by atoms with Crippen LogP contribution in [0.5, 0.6) is 5.75 Å². The fourth-order valence-corrected chi connectivity index (χ4v) is 6.71. The number of nitrogens with zero attached hydrogens (tertiary/aromatic N) is 2. The maximum Gasteiger partial charge on any atom is 0.477 e. The summed E-state index contributed by atoms with van der Waals surface area (Å²) in [7, 11) is -8.42. The molecule has 0 atom stereocenters. The molecule has 0 unspecified atom stereocenters. The molecule has 0 spiro atoms. The molecule has 12 heteroatoms. The van der Waals surface area contributed by atoms with Gasteiger partial charge < -0.3 is 9.64 Å². The van der Waals surface area contributed by atoms with E-state index < -0.39 is 42.7 Å². The molecule has 0 N–H and O–H groups in total. The summed E-state index contributed by atoms with van der Waals surface area (Å²) in [6.07, 6.45) is 2.85. The molecule has 0 fully saturated rings. The molecule has 0 bridgehead atoms. The maximum absolute atomic E-state index is 13.4. The Bertz CT molecular complexity index is 1100. The Kier molecular flexibility index (Phi) is 11.4. The topological polar surface area (TPSA) is 112 Å². The molecule has 1 aliphatic rings. The lowest BCUT2D eigenvalue weighted by molar-refractivity contribution is 0.0496. The second-order valence-corrected chi connectivity index (χ2v) is 12.9. The number of rotatable bonds is 15. The molecule has 2 rings (SSSR count). The van der Waals surface area contributed by atoms with Gasteiger partial charge in [-0.15, -0.1) is 0 Å². The fraction of sp³-hybridized carbons (Fsp3) is 0.640. The van der Waals surface area contributed by atoms with Gasteiger partial charge in [0, 0.05) is 12.6 Å². The normalized spacial score (nSPS) is 15.7. The molecule has 0 saturated heterocycles. The van der Waals surface area contributed by atoms with Crippen LogP contribution in [-0.2, 0) is 28.2 Å². The molecule has 10 nitrogen and oxygen atoms in total. The lowest BCUT2D eigenvalue weighted by atomic mass is 9.96. The van der Waals surface area contributed by atoms with E-state index in [2.05, 4.69) is 18.7 Å².